The summed E-state index contributed by atoms with van der Waals surface area (Å²) in [5, 5.41) is 9.25. The lowest BCUT2D eigenvalue weighted by Gasteiger charge is -2.40. The fourth-order valence-corrected chi connectivity index (χ4v) is 2.66. The largest absolute Gasteiger partial charge is 0.481 e. The van der Waals surface area contributed by atoms with Gasteiger partial charge in [0.2, 0.25) is 0 Å². The highest BCUT2D eigenvalue weighted by molar-refractivity contribution is 5.71. The first-order valence-corrected chi connectivity index (χ1v) is 6.40. The molecule has 0 aromatic heterocycles. The average molecular weight is 227 g/mol. The van der Waals surface area contributed by atoms with Crippen LogP contribution in [0.25, 0.3) is 0 Å². The molecule has 3 heteroatoms. The van der Waals surface area contributed by atoms with E-state index in [1.54, 1.807) is 0 Å². The molecule has 3 nitrogen and oxygen atoms in total. The first kappa shape index (κ1) is 13.5. The van der Waals surface area contributed by atoms with Crippen LogP contribution >= 0.6 is 0 Å². The molecule has 0 aromatic carbocycles. The number of hydrogen-bond donors (Lipinski definition) is 1. The van der Waals surface area contributed by atoms with E-state index < -0.39 is 5.97 Å². The molecule has 0 saturated heterocycles. The Morgan fingerprint density at radius 1 is 1.25 bits per heavy atom. The van der Waals surface area contributed by atoms with E-state index in [2.05, 4.69) is 32.7 Å². The molecule has 3 unspecified atom stereocenters. The van der Waals surface area contributed by atoms with Gasteiger partial charge in [-0.25, -0.2) is 0 Å². The number of hydrogen-bond acceptors (Lipinski definition) is 2. The van der Waals surface area contributed by atoms with E-state index in [0.717, 1.165) is 19.3 Å². The molecule has 0 radical (unpaired) electrons. The third kappa shape index (κ3) is 2.97. The lowest BCUT2D eigenvalue weighted by Crippen LogP contribution is -2.48. The van der Waals surface area contributed by atoms with Crippen molar-refractivity contribution in [3.05, 3.63) is 0 Å². The predicted octanol–water partition coefficient (Wildman–Crippen LogP) is 2.61. The van der Waals surface area contributed by atoms with Crippen LogP contribution in [0.15, 0.2) is 0 Å². The van der Waals surface area contributed by atoms with Crippen molar-refractivity contribution in [1.29, 1.82) is 0 Å². The van der Waals surface area contributed by atoms with Gasteiger partial charge < -0.3 is 5.11 Å². The van der Waals surface area contributed by atoms with Crippen molar-refractivity contribution in [3.63, 3.8) is 0 Å². The predicted molar refractivity (Wildman–Crippen MR) is 65.4 cm³/mol. The van der Waals surface area contributed by atoms with Crippen molar-refractivity contribution >= 4 is 5.97 Å². The van der Waals surface area contributed by atoms with Crippen LogP contribution in [-0.4, -0.2) is 35.1 Å². The zero-order valence-electron chi connectivity index (χ0n) is 10.9. The quantitative estimate of drug-likeness (QED) is 0.802. The third-order valence-corrected chi connectivity index (χ3v) is 4.18. The van der Waals surface area contributed by atoms with E-state index >= 15 is 0 Å². The molecule has 1 aliphatic rings. The maximum Gasteiger partial charge on any atom is 0.308 e. The van der Waals surface area contributed by atoms with Gasteiger partial charge in [-0.1, -0.05) is 26.7 Å². The van der Waals surface area contributed by atoms with Crippen LogP contribution in [-0.2, 0) is 4.79 Å². The van der Waals surface area contributed by atoms with Crippen LogP contribution < -0.4 is 0 Å². The highest BCUT2D eigenvalue weighted by Gasteiger charge is 2.35. The first-order chi connectivity index (χ1) is 7.45. The first-order valence-electron chi connectivity index (χ1n) is 6.40. The summed E-state index contributed by atoms with van der Waals surface area (Å²) in [6, 6.07) is 0.675. The summed E-state index contributed by atoms with van der Waals surface area (Å²) in [5.74, 6) is -0.214. The molecule has 0 spiro atoms. The molecule has 94 valence electrons. The SMILES string of the molecule is CC(C)C(C)N(C)C1CCCCC1C(=O)O. The second-order valence-corrected chi connectivity index (χ2v) is 5.45. The van der Waals surface area contributed by atoms with Crippen LogP contribution in [0.4, 0.5) is 0 Å². The van der Waals surface area contributed by atoms with Gasteiger partial charge in [-0.15, -0.1) is 0 Å². The van der Waals surface area contributed by atoms with Crippen LogP contribution in [0.3, 0.4) is 0 Å². The fourth-order valence-electron chi connectivity index (χ4n) is 2.66. The van der Waals surface area contributed by atoms with Gasteiger partial charge in [0.25, 0.3) is 0 Å². The molecule has 16 heavy (non-hydrogen) atoms. The van der Waals surface area contributed by atoms with Crippen molar-refractivity contribution < 1.29 is 9.90 Å². The molecule has 0 aliphatic heterocycles. The Morgan fingerprint density at radius 3 is 2.31 bits per heavy atom. The van der Waals surface area contributed by atoms with E-state index in [4.69, 9.17) is 0 Å². The summed E-state index contributed by atoms with van der Waals surface area (Å²) in [4.78, 5) is 13.5. The van der Waals surface area contributed by atoms with Gasteiger partial charge in [0.15, 0.2) is 0 Å². The van der Waals surface area contributed by atoms with E-state index in [9.17, 15) is 9.90 Å². The number of nitrogens with zero attached hydrogens (tertiary/aromatic N) is 1. The Balaban J connectivity index is 2.71. The molecule has 1 N–H and O–H groups in total. The van der Waals surface area contributed by atoms with Crippen LogP contribution in [0.5, 0.6) is 0 Å². The maximum absolute atomic E-state index is 11.2. The highest BCUT2D eigenvalue weighted by Crippen LogP contribution is 2.30. The molecule has 1 saturated carbocycles. The standard InChI is InChI=1S/C13H25NO2/c1-9(2)10(3)14(4)12-8-6-5-7-11(12)13(15)16/h9-12H,5-8H2,1-4H3,(H,15,16). The minimum absolute atomic E-state index is 0.167. The summed E-state index contributed by atoms with van der Waals surface area (Å²) in [6.07, 6.45) is 4.11. The van der Waals surface area contributed by atoms with Crippen LogP contribution in [0, 0.1) is 11.8 Å². The van der Waals surface area contributed by atoms with Crippen molar-refractivity contribution in [2.24, 2.45) is 11.8 Å². The summed E-state index contributed by atoms with van der Waals surface area (Å²) >= 11 is 0. The number of carboxylic acids is 1. The van der Waals surface area contributed by atoms with Crippen molar-refractivity contribution in [2.75, 3.05) is 7.05 Å². The summed E-state index contributed by atoms with van der Waals surface area (Å²) in [6.45, 7) is 6.58. The summed E-state index contributed by atoms with van der Waals surface area (Å²) in [5.41, 5.74) is 0. The molecule has 0 amide bonds. The van der Waals surface area contributed by atoms with Crippen LogP contribution in [0.2, 0.25) is 0 Å². The molecule has 0 bridgehead atoms. The monoisotopic (exact) mass is 227 g/mol. The molecule has 0 heterocycles. The lowest BCUT2D eigenvalue weighted by atomic mass is 9.82. The average Bonchev–Trinajstić information content (AvgIpc) is 2.26. The van der Waals surface area contributed by atoms with E-state index in [1.165, 1.54) is 6.42 Å². The smallest absolute Gasteiger partial charge is 0.308 e. The summed E-state index contributed by atoms with van der Waals surface area (Å²) in [7, 11) is 2.08. The normalized spacial score (nSPS) is 28.4. The fraction of sp³-hybridized carbons (Fsp3) is 0.923. The van der Waals surface area contributed by atoms with Crippen molar-refractivity contribution in [1.82, 2.24) is 4.90 Å². The van der Waals surface area contributed by atoms with Crippen molar-refractivity contribution in [2.45, 2.75) is 58.5 Å². The van der Waals surface area contributed by atoms with Gasteiger partial charge in [0.05, 0.1) is 5.92 Å². The Labute approximate surface area is 98.8 Å². The minimum atomic E-state index is -0.618. The number of carboxylic acid groups (broad SMARTS) is 1. The number of rotatable bonds is 4. The van der Waals surface area contributed by atoms with Gasteiger partial charge in [-0.2, -0.15) is 0 Å². The second kappa shape index (κ2) is 5.67. The molecular formula is C13H25NO2. The van der Waals surface area contributed by atoms with Gasteiger partial charge in [-0.3, -0.25) is 9.69 Å². The Bertz CT molecular complexity index is 240. The summed E-state index contributed by atoms with van der Waals surface area (Å²) < 4.78 is 0. The maximum atomic E-state index is 11.2. The van der Waals surface area contributed by atoms with E-state index in [-0.39, 0.29) is 12.0 Å². The lowest BCUT2D eigenvalue weighted by molar-refractivity contribution is -0.146. The van der Waals surface area contributed by atoms with Gasteiger partial charge >= 0.3 is 5.97 Å². The van der Waals surface area contributed by atoms with Crippen LogP contribution in [0.1, 0.15) is 46.5 Å². The molecular weight excluding hydrogens is 202 g/mol. The van der Waals surface area contributed by atoms with Gasteiger partial charge in [0.1, 0.15) is 0 Å². The zero-order valence-corrected chi connectivity index (χ0v) is 10.9. The molecule has 1 rings (SSSR count). The Hall–Kier alpha value is -0.570. The highest BCUT2D eigenvalue weighted by atomic mass is 16.4. The molecule has 1 aliphatic carbocycles. The topological polar surface area (TPSA) is 40.5 Å². The molecule has 3 atom stereocenters. The van der Waals surface area contributed by atoms with Gasteiger partial charge in [0, 0.05) is 12.1 Å². The number of aliphatic carboxylic acids is 1. The van der Waals surface area contributed by atoms with E-state index in [1.807, 2.05) is 0 Å². The Morgan fingerprint density at radius 2 is 1.81 bits per heavy atom. The van der Waals surface area contributed by atoms with E-state index in [0.29, 0.717) is 12.0 Å². The van der Waals surface area contributed by atoms with Crippen molar-refractivity contribution in [3.8, 4) is 0 Å². The zero-order chi connectivity index (χ0) is 12.3. The van der Waals surface area contributed by atoms with Gasteiger partial charge in [-0.05, 0) is 32.7 Å². The Kier molecular flexibility index (Phi) is 4.78. The second-order valence-electron chi connectivity index (χ2n) is 5.45. The third-order valence-electron chi connectivity index (χ3n) is 4.18. The minimum Gasteiger partial charge on any atom is -0.481 e. The number of carbonyl (C=O) groups is 1. The molecule has 1 fully saturated rings. The molecule has 0 aromatic rings.